The van der Waals surface area contributed by atoms with E-state index in [1.807, 2.05) is 0 Å². The van der Waals surface area contributed by atoms with Crippen molar-refractivity contribution in [1.29, 1.82) is 0 Å². The van der Waals surface area contributed by atoms with Gasteiger partial charge in [0.1, 0.15) is 0 Å². The summed E-state index contributed by atoms with van der Waals surface area (Å²) in [7, 11) is 0. The highest BCUT2D eigenvalue weighted by molar-refractivity contribution is 4.68. The van der Waals surface area contributed by atoms with Gasteiger partial charge in [0.05, 0.1) is 6.17 Å². The van der Waals surface area contributed by atoms with Gasteiger partial charge in [-0.05, 0) is 32.4 Å². The third-order valence-electron chi connectivity index (χ3n) is 2.28. The summed E-state index contributed by atoms with van der Waals surface area (Å²) >= 11 is 0. The molecule has 0 spiro atoms. The lowest BCUT2D eigenvalue weighted by atomic mass is 10.1. The maximum atomic E-state index is 5.87. The molecule has 1 atom stereocenters. The van der Waals surface area contributed by atoms with Crippen molar-refractivity contribution in [2.75, 3.05) is 13.1 Å². The molecule has 1 unspecified atom stereocenters. The summed E-state index contributed by atoms with van der Waals surface area (Å²) in [5.41, 5.74) is 5.87. The fraction of sp³-hybridized carbons (Fsp3) is 1.00. The zero-order valence-electron chi connectivity index (χ0n) is 6.84. The highest BCUT2D eigenvalue weighted by Crippen LogP contribution is 2.10. The summed E-state index contributed by atoms with van der Waals surface area (Å²) in [4.78, 5) is 2.39. The zero-order chi connectivity index (χ0) is 7.40. The monoisotopic (exact) mass is 142 g/mol. The van der Waals surface area contributed by atoms with Crippen LogP contribution in [0.5, 0.6) is 0 Å². The first kappa shape index (κ1) is 8.02. The second-order valence-corrected chi connectivity index (χ2v) is 3.07. The molecule has 1 aliphatic heterocycles. The standard InChI is InChI=1S/C8H18N2/c1-2-8(9)10-6-4-3-5-7-10/h8H,2-7,9H2,1H3. The van der Waals surface area contributed by atoms with E-state index in [9.17, 15) is 0 Å². The lowest BCUT2D eigenvalue weighted by Crippen LogP contribution is -2.44. The highest BCUT2D eigenvalue weighted by atomic mass is 15.2. The largest absolute Gasteiger partial charge is 0.316 e. The second-order valence-electron chi connectivity index (χ2n) is 3.07. The van der Waals surface area contributed by atoms with Crippen LogP contribution in [0.4, 0.5) is 0 Å². The number of hydrogen-bond acceptors (Lipinski definition) is 2. The van der Waals surface area contributed by atoms with Gasteiger partial charge in [-0.25, -0.2) is 0 Å². The Hall–Kier alpha value is -0.0800. The average Bonchev–Trinajstić information content (AvgIpc) is 2.05. The Balaban J connectivity index is 2.24. The minimum Gasteiger partial charge on any atom is -0.316 e. The first-order valence-electron chi connectivity index (χ1n) is 4.34. The summed E-state index contributed by atoms with van der Waals surface area (Å²) in [5.74, 6) is 0. The molecular formula is C8H18N2. The van der Waals surface area contributed by atoms with Gasteiger partial charge in [0, 0.05) is 0 Å². The van der Waals surface area contributed by atoms with Crippen LogP contribution in [0.2, 0.25) is 0 Å². The number of nitrogens with two attached hydrogens (primary N) is 1. The molecule has 0 bridgehead atoms. The van der Waals surface area contributed by atoms with E-state index in [0.29, 0.717) is 6.17 Å². The second kappa shape index (κ2) is 3.94. The molecule has 0 aromatic rings. The number of hydrogen-bond donors (Lipinski definition) is 1. The summed E-state index contributed by atoms with van der Waals surface area (Å²) in [5, 5.41) is 0. The lowest BCUT2D eigenvalue weighted by molar-refractivity contribution is 0.162. The summed E-state index contributed by atoms with van der Waals surface area (Å²) in [6.45, 7) is 4.59. The normalized spacial score (nSPS) is 24.6. The van der Waals surface area contributed by atoms with Gasteiger partial charge in [0.15, 0.2) is 0 Å². The van der Waals surface area contributed by atoms with E-state index in [-0.39, 0.29) is 0 Å². The Morgan fingerprint density at radius 2 is 1.90 bits per heavy atom. The number of rotatable bonds is 2. The van der Waals surface area contributed by atoms with Crippen LogP contribution in [0, 0.1) is 0 Å². The van der Waals surface area contributed by atoms with Crippen LogP contribution in [0.15, 0.2) is 0 Å². The van der Waals surface area contributed by atoms with Gasteiger partial charge < -0.3 is 5.73 Å². The Morgan fingerprint density at radius 3 is 2.40 bits per heavy atom. The van der Waals surface area contributed by atoms with Gasteiger partial charge >= 0.3 is 0 Å². The molecule has 0 saturated carbocycles. The maximum Gasteiger partial charge on any atom is 0.0569 e. The van der Waals surface area contributed by atoms with Crippen molar-refractivity contribution in [2.45, 2.75) is 38.8 Å². The molecule has 1 saturated heterocycles. The number of likely N-dealkylation sites (tertiary alicyclic amines) is 1. The lowest BCUT2D eigenvalue weighted by Gasteiger charge is -2.31. The SMILES string of the molecule is CCC(N)N1CCCCC1. The molecule has 1 heterocycles. The molecule has 2 nitrogen and oxygen atoms in total. The first-order valence-corrected chi connectivity index (χ1v) is 4.34. The van der Waals surface area contributed by atoms with E-state index >= 15 is 0 Å². The van der Waals surface area contributed by atoms with E-state index < -0.39 is 0 Å². The van der Waals surface area contributed by atoms with Crippen LogP contribution in [-0.2, 0) is 0 Å². The minimum atomic E-state index is 0.320. The molecule has 2 N–H and O–H groups in total. The Kier molecular flexibility index (Phi) is 3.16. The fourth-order valence-electron chi connectivity index (χ4n) is 1.51. The molecule has 2 heteroatoms. The predicted molar refractivity (Wildman–Crippen MR) is 43.7 cm³/mol. The van der Waals surface area contributed by atoms with E-state index in [1.54, 1.807) is 0 Å². The van der Waals surface area contributed by atoms with Crippen molar-refractivity contribution in [1.82, 2.24) is 4.90 Å². The molecule has 1 fully saturated rings. The summed E-state index contributed by atoms with van der Waals surface area (Å²) in [6, 6.07) is 0. The fourth-order valence-corrected chi connectivity index (χ4v) is 1.51. The van der Waals surface area contributed by atoms with Gasteiger partial charge in [-0.1, -0.05) is 13.3 Å². The minimum absolute atomic E-state index is 0.320. The first-order chi connectivity index (χ1) is 4.84. The van der Waals surface area contributed by atoms with Crippen LogP contribution in [-0.4, -0.2) is 24.2 Å². The number of nitrogens with zero attached hydrogens (tertiary/aromatic N) is 1. The van der Waals surface area contributed by atoms with Crippen LogP contribution >= 0.6 is 0 Å². The highest BCUT2D eigenvalue weighted by Gasteiger charge is 2.14. The third-order valence-corrected chi connectivity index (χ3v) is 2.28. The van der Waals surface area contributed by atoms with Crippen molar-refractivity contribution in [2.24, 2.45) is 5.73 Å². The van der Waals surface area contributed by atoms with Crippen LogP contribution < -0.4 is 5.73 Å². The van der Waals surface area contributed by atoms with Gasteiger partial charge in [-0.2, -0.15) is 0 Å². The van der Waals surface area contributed by atoms with Crippen molar-refractivity contribution < 1.29 is 0 Å². The quantitative estimate of drug-likeness (QED) is 0.627. The van der Waals surface area contributed by atoms with Crippen molar-refractivity contribution in [3.8, 4) is 0 Å². The Labute approximate surface area is 63.4 Å². The third kappa shape index (κ3) is 1.96. The molecule has 0 aromatic carbocycles. The summed E-state index contributed by atoms with van der Waals surface area (Å²) < 4.78 is 0. The van der Waals surface area contributed by atoms with E-state index in [4.69, 9.17) is 5.73 Å². The molecule has 1 rings (SSSR count). The molecule has 60 valence electrons. The van der Waals surface area contributed by atoms with E-state index in [2.05, 4.69) is 11.8 Å². The van der Waals surface area contributed by atoms with Crippen LogP contribution in [0.3, 0.4) is 0 Å². The topological polar surface area (TPSA) is 29.3 Å². The molecule has 1 aliphatic rings. The van der Waals surface area contributed by atoms with Crippen molar-refractivity contribution in [3.63, 3.8) is 0 Å². The van der Waals surface area contributed by atoms with E-state index in [0.717, 1.165) is 6.42 Å². The van der Waals surface area contributed by atoms with Gasteiger partial charge in [-0.3, -0.25) is 4.90 Å². The smallest absolute Gasteiger partial charge is 0.0569 e. The number of piperidine rings is 1. The van der Waals surface area contributed by atoms with Crippen LogP contribution in [0.25, 0.3) is 0 Å². The Morgan fingerprint density at radius 1 is 1.30 bits per heavy atom. The predicted octanol–water partition coefficient (Wildman–Crippen LogP) is 1.17. The molecular weight excluding hydrogens is 124 g/mol. The van der Waals surface area contributed by atoms with Crippen LogP contribution in [0.1, 0.15) is 32.6 Å². The zero-order valence-corrected chi connectivity index (χ0v) is 6.84. The van der Waals surface area contributed by atoms with Gasteiger partial charge in [0.25, 0.3) is 0 Å². The molecule has 10 heavy (non-hydrogen) atoms. The molecule has 0 aliphatic carbocycles. The average molecular weight is 142 g/mol. The Bertz CT molecular complexity index is 87.3. The van der Waals surface area contributed by atoms with Crippen molar-refractivity contribution in [3.05, 3.63) is 0 Å². The van der Waals surface area contributed by atoms with Gasteiger partial charge in [0.2, 0.25) is 0 Å². The van der Waals surface area contributed by atoms with Gasteiger partial charge in [-0.15, -0.1) is 0 Å². The maximum absolute atomic E-state index is 5.87. The van der Waals surface area contributed by atoms with E-state index in [1.165, 1.54) is 32.4 Å². The molecule has 0 aromatic heterocycles. The summed E-state index contributed by atoms with van der Waals surface area (Å²) in [6.07, 6.45) is 5.48. The van der Waals surface area contributed by atoms with Crippen molar-refractivity contribution >= 4 is 0 Å². The molecule has 0 radical (unpaired) electrons. The molecule has 0 amide bonds.